The molecule has 0 atom stereocenters. The molecule has 0 aliphatic rings. The molecule has 2 heteroatoms. The highest BCUT2D eigenvalue weighted by Gasteiger charge is 2.17. The highest BCUT2D eigenvalue weighted by molar-refractivity contribution is 6.15. The molecule has 0 spiro atoms. The molecular formula is C24H19NO. The van der Waals surface area contributed by atoms with Gasteiger partial charge in [-0.3, -0.25) is 0 Å². The van der Waals surface area contributed by atoms with E-state index in [1.165, 1.54) is 43.8 Å². The van der Waals surface area contributed by atoms with Crippen molar-refractivity contribution in [2.75, 3.05) is 0 Å². The maximum absolute atomic E-state index is 5.71. The van der Waals surface area contributed by atoms with Crippen LogP contribution in [0.1, 0.15) is 16.7 Å². The summed E-state index contributed by atoms with van der Waals surface area (Å²) in [6, 6.07) is 21.5. The van der Waals surface area contributed by atoms with Crippen LogP contribution in [0, 0.1) is 20.8 Å². The van der Waals surface area contributed by atoms with E-state index in [0.29, 0.717) is 0 Å². The molecule has 1 heterocycles. The van der Waals surface area contributed by atoms with Crippen LogP contribution in [0.15, 0.2) is 65.2 Å². The van der Waals surface area contributed by atoms with Gasteiger partial charge in [-0.2, -0.15) is 0 Å². The summed E-state index contributed by atoms with van der Waals surface area (Å²) in [6.45, 7) is 6.43. The fourth-order valence-electron chi connectivity index (χ4n) is 4.18. The van der Waals surface area contributed by atoms with Crippen LogP contribution in [-0.2, 0) is 0 Å². The van der Waals surface area contributed by atoms with Gasteiger partial charge in [0, 0.05) is 5.56 Å². The van der Waals surface area contributed by atoms with Crippen molar-refractivity contribution in [3.8, 4) is 11.3 Å². The van der Waals surface area contributed by atoms with E-state index in [1.54, 1.807) is 0 Å². The molecule has 0 saturated heterocycles. The van der Waals surface area contributed by atoms with Crippen LogP contribution in [0.2, 0.25) is 0 Å². The first-order chi connectivity index (χ1) is 12.6. The maximum atomic E-state index is 5.71. The molecular weight excluding hydrogens is 318 g/mol. The molecule has 126 valence electrons. The zero-order chi connectivity index (χ0) is 17.8. The lowest BCUT2D eigenvalue weighted by atomic mass is 9.93. The smallest absolute Gasteiger partial charge is 0.168 e. The van der Waals surface area contributed by atoms with Crippen molar-refractivity contribution in [2.24, 2.45) is 0 Å². The maximum Gasteiger partial charge on any atom is 0.168 e. The SMILES string of the molecule is Cc1cc(C)c(-c2noc3ccc4cc5ccccc5cc4c23)c(C)c1. The lowest BCUT2D eigenvalue weighted by Crippen LogP contribution is -1.91. The molecule has 26 heavy (non-hydrogen) atoms. The van der Waals surface area contributed by atoms with E-state index >= 15 is 0 Å². The molecule has 0 amide bonds. The molecule has 0 N–H and O–H groups in total. The average molecular weight is 337 g/mol. The van der Waals surface area contributed by atoms with Crippen LogP contribution in [-0.4, -0.2) is 5.16 Å². The van der Waals surface area contributed by atoms with E-state index in [9.17, 15) is 0 Å². The molecule has 4 aromatic carbocycles. The Bertz CT molecular complexity index is 1290. The van der Waals surface area contributed by atoms with Crippen molar-refractivity contribution < 1.29 is 4.52 Å². The lowest BCUT2D eigenvalue weighted by Gasteiger charge is -2.10. The Morgan fingerprint density at radius 2 is 1.42 bits per heavy atom. The molecule has 2 nitrogen and oxygen atoms in total. The first-order valence-corrected chi connectivity index (χ1v) is 8.91. The summed E-state index contributed by atoms with van der Waals surface area (Å²) < 4.78 is 5.71. The van der Waals surface area contributed by atoms with E-state index in [-0.39, 0.29) is 0 Å². The Labute approximate surface area is 152 Å². The van der Waals surface area contributed by atoms with Crippen molar-refractivity contribution in [3.05, 3.63) is 77.4 Å². The second-order valence-corrected chi connectivity index (χ2v) is 7.16. The second-order valence-electron chi connectivity index (χ2n) is 7.16. The molecule has 1 aromatic heterocycles. The second kappa shape index (κ2) is 5.43. The monoisotopic (exact) mass is 337 g/mol. The number of hydrogen-bond donors (Lipinski definition) is 0. The summed E-state index contributed by atoms with van der Waals surface area (Å²) >= 11 is 0. The van der Waals surface area contributed by atoms with Gasteiger partial charge in [0.2, 0.25) is 0 Å². The summed E-state index contributed by atoms with van der Waals surface area (Å²) in [5.74, 6) is 0. The van der Waals surface area contributed by atoms with Gasteiger partial charge in [-0.05, 0) is 71.6 Å². The number of aromatic nitrogens is 1. The third kappa shape index (κ3) is 2.15. The fraction of sp³-hybridized carbons (Fsp3) is 0.125. The standard InChI is InChI=1S/C24H19NO/c1-14-10-15(2)22(16(3)11-14)24-23-20-13-18-7-5-4-6-17(18)12-19(20)8-9-21(23)26-25-24/h4-13H,1-3H3. The van der Waals surface area contributed by atoms with Crippen LogP contribution < -0.4 is 0 Å². The Morgan fingerprint density at radius 3 is 2.15 bits per heavy atom. The summed E-state index contributed by atoms with van der Waals surface area (Å²) in [5, 5.41) is 10.5. The highest BCUT2D eigenvalue weighted by atomic mass is 16.5. The Hall–Kier alpha value is -3.13. The normalized spacial score (nSPS) is 11.7. The van der Waals surface area contributed by atoms with Crippen molar-refractivity contribution in [1.82, 2.24) is 5.16 Å². The molecule has 0 radical (unpaired) electrons. The third-order valence-electron chi connectivity index (χ3n) is 5.23. The van der Waals surface area contributed by atoms with Crippen molar-refractivity contribution >= 4 is 32.5 Å². The van der Waals surface area contributed by atoms with Gasteiger partial charge < -0.3 is 4.52 Å². The highest BCUT2D eigenvalue weighted by Crippen LogP contribution is 2.38. The van der Waals surface area contributed by atoms with E-state index in [4.69, 9.17) is 4.52 Å². The number of nitrogens with zero attached hydrogens (tertiary/aromatic N) is 1. The van der Waals surface area contributed by atoms with Gasteiger partial charge in [0.15, 0.2) is 5.58 Å². The number of benzene rings is 4. The van der Waals surface area contributed by atoms with Gasteiger partial charge >= 0.3 is 0 Å². The van der Waals surface area contributed by atoms with Crippen LogP contribution in [0.5, 0.6) is 0 Å². The Morgan fingerprint density at radius 1 is 0.731 bits per heavy atom. The van der Waals surface area contributed by atoms with Crippen LogP contribution in [0.4, 0.5) is 0 Å². The first-order valence-electron chi connectivity index (χ1n) is 8.91. The zero-order valence-corrected chi connectivity index (χ0v) is 15.1. The topological polar surface area (TPSA) is 26.0 Å². The zero-order valence-electron chi connectivity index (χ0n) is 15.1. The van der Waals surface area contributed by atoms with Gasteiger partial charge in [0.05, 0.1) is 5.39 Å². The van der Waals surface area contributed by atoms with Gasteiger partial charge in [-0.15, -0.1) is 0 Å². The first kappa shape index (κ1) is 15.2. The van der Waals surface area contributed by atoms with E-state index in [1.807, 2.05) is 6.07 Å². The molecule has 5 aromatic rings. The van der Waals surface area contributed by atoms with Gasteiger partial charge in [-0.1, -0.05) is 53.2 Å². The van der Waals surface area contributed by atoms with Gasteiger partial charge in [0.25, 0.3) is 0 Å². The predicted octanol–water partition coefficient (Wildman–Crippen LogP) is 6.73. The van der Waals surface area contributed by atoms with Gasteiger partial charge in [0.1, 0.15) is 5.69 Å². The summed E-state index contributed by atoms with van der Waals surface area (Å²) in [4.78, 5) is 0. The predicted molar refractivity (Wildman–Crippen MR) is 109 cm³/mol. The minimum atomic E-state index is 0.835. The van der Waals surface area contributed by atoms with E-state index in [0.717, 1.165) is 16.7 Å². The Kier molecular flexibility index (Phi) is 3.17. The quantitative estimate of drug-likeness (QED) is 0.317. The van der Waals surface area contributed by atoms with Crippen molar-refractivity contribution in [3.63, 3.8) is 0 Å². The summed E-state index contributed by atoms with van der Waals surface area (Å²) in [7, 11) is 0. The molecule has 0 fully saturated rings. The number of rotatable bonds is 1. The molecule has 0 aliphatic carbocycles. The minimum Gasteiger partial charge on any atom is -0.356 e. The van der Waals surface area contributed by atoms with Crippen molar-refractivity contribution in [1.29, 1.82) is 0 Å². The molecule has 0 aliphatic heterocycles. The fourth-order valence-corrected chi connectivity index (χ4v) is 4.18. The van der Waals surface area contributed by atoms with Crippen LogP contribution in [0.25, 0.3) is 43.8 Å². The number of fused-ring (bicyclic) bond motifs is 4. The molecule has 5 rings (SSSR count). The van der Waals surface area contributed by atoms with Crippen molar-refractivity contribution in [2.45, 2.75) is 20.8 Å². The van der Waals surface area contributed by atoms with Gasteiger partial charge in [-0.25, -0.2) is 0 Å². The molecule has 0 bridgehead atoms. The molecule has 0 unspecified atom stereocenters. The third-order valence-corrected chi connectivity index (χ3v) is 5.23. The van der Waals surface area contributed by atoms with E-state index < -0.39 is 0 Å². The average Bonchev–Trinajstić information content (AvgIpc) is 3.03. The largest absolute Gasteiger partial charge is 0.356 e. The summed E-state index contributed by atoms with van der Waals surface area (Å²) in [5.41, 5.74) is 6.69. The summed E-state index contributed by atoms with van der Waals surface area (Å²) in [6.07, 6.45) is 0. The lowest BCUT2D eigenvalue weighted by molar-refractivity contribution is 0.459. The Balaban J connectivity index is 1.93. The van der Waals surface area contributed by atoms with E-state index in [2.05, 4.69) is 80.5 Å². The number of hydrogen-bond acceptors (Lipinski definition) is 2. The van der Waals surface area contributed by atoms with Crippen LogP contribution >= 0.6 is 0 Å². The molecule has 0 saturated carbocycles. The minimum absolute atomic E-state index is 0.835. The van der Waals surface area contributed by atoms with Crippen LogP contribution in [0.3, 0.4) is 0 Å². The number of aryl methyl sites for hydroxylation is 3.